The molecule has 1 aromatic carbocycles. The van der Waals surface area contributed by atoms with Crippen LogP contribution in [-0.4, -0.2) is 9.97 Å². The van der Waals surface area contributed by atoms with Gasteiger partial charge in [-0.2, -0.15) is 0 Å². The third-order valence-electron chi connectivity index (χ3n) is 3.46. The molecule has 0 saturated carbocycles. The minimum absolute atomic E-state index is 0.635. The Balaban J connectivity index is 1.94. The maximum absolute atomic E-state index is 5.72. The Kier molecular flexibility index (Phi) is 2.33. The SMILES string of the molecule is Cc1ccc(-c2ccc3c(n2)oc2ncccc23)cc1. The number of furan rings is 1. The highest BCUT2D eigenvalue weighted by atomic mass is 16.3. The summed E-state index contributed by atoms with van der Waals surface area (Å²) in [6.07, 6.45) is 1.73. The third kappa shape index (κ3) is 1.67. The summed E-state index contributed by atoms with van der Waals surface area (Å²) in [6.45, 7) is 2.07. The van der Waals surface area contributed by atoms with Crippen molar-refractivity contribution in [1.29, 1.82) is 0 Å². The van der Waals surface area contributed by atoms with E-state index in [1.165, 1.54) is 5.56 Å². The molecule has 3 heterocycles. The van der Waals surface area contributed by atoms with Crippen LogP contribution < -0.4 is 0 Å². The van der Waals surface area contributed by atoms with Gasteiger partial charge >= 0.3 is 0 Å². The zero-order valence-electron chi connectivity index (χ0n) is 11.0. The van der Waals surface area contributed by atoms with Crippen molar-refractivity contribution >= 4 is 22.2 Å². The van der Waals surface area contributed by atoms with Gasteiger partial charge in [0.25, 0.3) is 0 Å². The van der Waals surface area contributed by atoms with Gasteiger partial charge in [0, 0.05) is 22.5 Å². The minimum Gasteiger partial charge on any atom is -0.419 e. The fourth-order valence-corrected chi connectivity index (χ4v) is 2.38. The molecule has 0 aliphatic heterocycles. The Bertz CT molecular complexity index is 907. The van der Waals surface area contributed by atoms with Crippen LogP contribution in [0, 0.1) is 6.92 Å². The topological polar surface area (TPSA) is 38.9 Å². The van der Waals surface area contributed by atoms with Gasteiger partial charge in [-0.25, -0.2) is 9.97 Å². The van der Waals surface area contributed by atoms with Crippen LogP contribution in [0.5, 0.6) is 0 Å². The van der Waals surface area contributed by atoms with Crippen LogP contribution in [0.3, 0.4) is 0 Å². The van der Waals surface area contributed by atoms with Crippen LogP contribution in [-0.2, 0) is 0 Å². The van der Waals surface area contributed by atoms with Gasteiger partial charge in [0.05, 0.1) is 5.69 Å². The van der Waals surface area contributed by atoms with E-state index in [9.17, 15) is 0 Å². The zero-order valence-corrected chi connectivity index (χ0v) is 11.0. The van der Waals surface area contributed by atoms with Crippen molar-refractivity contribution in [1.82, 2.24) is 9.97 Å². The fraction of sp³-hybridized carbons (Fsp3) is 0.0588. The molecule has 0 bridgehead atoms. The van der Waals surface area contributed by atoms with Crippen LogP contribution in [0.4, 0.5) is 0 Å². The number of nitrogens with zero attached hydrogens (tertiary/aromatic N) is 2. The summed E-state index contributed by atoms with van der Waals surface area (Å²) in [7, 11) is 0. The van der Waals surface area contributed by atoms with E-state index in [4.69, 9.17) is 4.42 Å². The van der Waals surface area contributed by atoms with Gasteiger partial charge in [-0.05, 0) is 31.2 Å². The molecule has 4 aromatic rings. The predicted octanol–water partition coefficient (Wildman–Crippen LogP) is 4.35. The molecule has 0 fully saturated rings. The summed E-state index contributed by atoms with van der Waals surface area (Å²) in [5, 5.41) is 2.01. The van der Waals surface area contributed by atoms with Gasteiger partial charge in [-0.3, -0.25) is 0 Å². The number of pyridine rings is 2. The lowest BCUT2D eigenvalue weighted by Crippen LogP contribution is -1.83. The summed E-state index contributed by atoms with van der Waals surface area (Å²) >= 11 is 0. The number of aromatic nitrogens is 2. The van der Waals surface area contributed by atoms with Crippen molar-refractivity contribution in [3.05, 3.63) is 60.3 Å². The van der Waals surface area contributed by atoms with Crippen LogP contribution in [0.15, 0.2) is 59.1 Å². The molecule has 4 rings (SSSR count). The van der Waals surface area contributed by atoms with Crippen molar-refractivity contribution in [2.75, 3.05) is 0 Å². The summed E-state index contributed by atoms with van der Waals surface area (Å²) in [5.41, 5.74) is 4.51. The molecule has 0 atom stereocenters. The molecule has 0 aliphatic carbocycles. The number of benzene rings is 1. The average Bonchev–Trinajstić information content (AvgIpc) is 2.85. The standard InChI is InChI=1S/C17H12N2O/c1-11-4-6-12(7-5-11)15-9-8-14-13-3-2-10-18-16(13)20-17(14)19-15/h2-10H,1H3. The van der Waals surface area contributed by atoms with Gasteiger partial charge in [0.2, 0.25) is 11.4 Å². The van der Waals surface area contributed by atoms with Crippen LogP contribution >= 0.6 is 0 Å². The van der Waals surface area contributed by atoms with Gasteiger partial charge in [0.1, 0.15) is 0 Å². The highest BCUT2D eigenvalue weighted by Gasteiger charge is 2.09. The van der Waals surface area contributed by atoms with Crippen molar-refractivity contribution in [3.63, 3.8) is 0 Å². The Morgan fingerprint density at radius 2 is 1.65 bits per heavy atom. The molecule has 3 aromatic heterocycles. The largest absolute Gasteiger partial charge is 0.419 e. The normalized spacial score (nSPS) is 11.2. The smallest absolute Gasteiger partial charge is 0.230 e. The van der Waals surface area contributed by atoms with Gasteiger partial charge in [-0.15, -0.1) is 0 Å². The molecule has 0 spiro atoms. The first-order valence-corrected chi connectivity index (χ1v) is 6.52. The second-order valence-electron chi connectivity index (χ2n) is 4.87. The van der Waals surface area contributed by atoms with E-state index in [0.717, 1.165) is 22.0 Å². The third-order valence-corrected chi connectivity index (χ3v) is 3.46. The second kappa shape index (κ2) is 4.17. The van der Waals surface area contributed by atoms with Crippen LogP contribution in [0.2, 0.25) is 0 Å². The number of fused-ring (bicyclic) bond motifs is 3. The quantitative estimate of drug-likeness (QED) is 0.510. The highest BCUT2D eigenvalue weighted by molar-refractivity contribution is 6.02. The van der Waals surface area contributed by atoms with E-state index >= 15 is 0 Å². The predicted molar refractivity (Wildman–Crippen MR) is 79.5 cm³/mol. The molecular formula is C17H12N2O. The number of hydrogen-bond acceptors (Lipinski definition) is 3. The lowest BCUT2D eigenvalue weighted by Gasteiger charge is -2.00. The van der Waals surface area contributed by atoms with E-state index in [-0.39, 0.29) is 0 Å². The lowest BCUT2D eigenvalue weighted by atomic mass is 10.1. The molecule has 3 heteroatoms. The average molecular weight is 260 g/mol. The van der Waals surface area contributed by atoms with Crippen molar-refractivity contribution < 1.29 is 4.42 Å². The second-order valence-corrected chi connectivity index (χ2v) is 4.87. The van der Waals surface area contributed by atoms with Crippen molar-refractivity contribution in [2.45, 2.75) is 6.92 Å². The number of aryl methyl sites for hydroxylation is 1. The zero-order chi connectivity index (χ0) is 13.5. The highest BCUT2D eigenvalue weighted by Crippen LogP contribution is 2.28. The van der Waals surface area contributed by atoms with E-state index in [0.29, 0.717) is 11.4 Å². The van der Waals surface area contributed by atoms with Crippen LogP contribution in [0.1, 0.15) is 5.56 Å². The number of rotatable bonds is 1. The molecule has 20 heavy (non-hydrogen) atoms. The molecule has 0 radical (unpaired) electrons. The minimum atomic E-state index is 0.635. The summed E-state index contributed by atoms with van der Waals surface area (Å²) in [6, 6.07) is 16.3. The van der Waals surface area contributed by atoms with E-state index in [1.54, 1.807) is 6.20 Å². The monoisotopic (exact) mass is 260 g/mol. The molecule has 0 amide bonds. The summed E-state index contributed by atoms with van der Waals surface area (Å²) < 4.78 is 5.72. The molecular weight excluding hydrogens is 248 g/mol. The molecule has 0 unspecified atom stereocenters. The summed E-state index contributed by atoms with van der Waals surface area (Å²) in [4.78, 5) is 8.83. The summed E-state index contributed by atoms with van der Waals surface area (Å²) in [5.74, 6) is 0. The molecule has 0 N–H and O–H groups in total. The van der Waals surface area contributed by atoms with Crippen molar-refractivity contribution in [3.8, 4) is 11.3 Å². The molecule has 96 valence electrons. The lowest BCUT2D eigenvalue weighted by molar-refractivity contribution is 0.641. The van der Waals surface area contributed by atoms with Crippen molar-refractivity contribution in [2.24, 2.45) is 0 Å². The first kappa shape index (κ1) is 11.2. The molecule has 0 saturated heterocycles. The van der Waals surface area contributed by atoms with E-state index < -0.39 is 0 Å². The van der Waals surface area contributed by atoms with Gasteiger partial charge in [-0.1, -0.05) is 29.8 Å². The van der Waals surface area contributed by atoms with Gasteiger partial charge in [0.15, 0.2) is 0 Å². The Morgan fingerprint density at radius 1 is 0.850 bits per heavy atom. The number of hydrogen-bond donors (Lipinski definition) is 0. The fourth-order valence-electron chi connectivity index (χ4n) is 2.38. The van der Waals surface area contributed by atoms with E-state index in [2.05, 4.69) is 41.2 Å². The first-order valence-electron chi connectivity index (χ1n) is 6.52. The van der Waals surface area contributed by atoms with E-state index in [1.807, 2.05) is 24.3 Å². The molecule has 3 nitrogen and oxygen atoms in total. The maximum atomic E-state index is 5.72. The first-order chi connectivity index (χ1) is 9.81. The molecule has 0 aliphatic rings. The maximum Gasteiger partial charge on any atom is 0.230 e. The van der Waals surface area contributed by atoms with Crippen LogP contribution in [0.25, 0.3) is 33.5 Å². The van der Waals surface area contributed by atoms with Gasteiger partial charge < -0.3 is 4.42 Å². The Hall–Kier alpha value is -2.68. The Morgan fingerprint density at radius 3 is 2.50 bits per heavy atom. The Labute approximate surface area is 115 Å².